The van der Waals surface area contributed by atoms with Crippen molar-refractivity contribution in [2.24, 2.45) is 22.9 Å². The van der Waals surface area contributed by atoms with Crippen LogP contribution in [0.1, 0.15) is 64.5 Å². The molecule has 2 aliphatic rings. The lowest BCUT2D eigenvalue weighted by Gasteiger charge is -2.27. The summed E-state index contributed by atoms with van der Waals surface area (Å²) in [5.74, 6) is -0.294. The molecule has 14 aromatic rings. The zero-order chi connectivity index (χ0) is 73.5. The summed E-state index contributed by atoms with van der Waals surface area (Å²) in [6, 6.07) is 68.1. The average Bonchev–Trinajstić information content (AvgIpc) is 1.53. The second-order valence-electron chi connectivity index (χ2n) is 25.6. The van der Waals surface area contributed by atoms with Crippen LogP contribution in [0.15, 0.2) is 280 Å². The van der Waals surface area contributed by atoms with E-state index in [1.165, 1.54) is 23.3 Å². The van der Waals surface area contributed by atoms with E-state index in [4.69, 9.17) is 84.0 Å². The third-order valence-corrected chi connectivity index (χ3v) is 20.9. The van der Waals surface area contributed by atoms with E-state index in [1.54, 1.807) is 54.5 Å². The van der Waals surface area contributed by atoms with E-state index < -0.39 is 11.6 Å². The highest BCUT2D eigenvalue weighted by molar-refractivity contribution is 7.81. The van der Waals surface area contributed by atoms with Gasteiger partial charge in [0.15, 0.2) is 0 Å². The molecule has 22 heteroatoms. The number of nitrogens with zero attached hydrogens (tertiary/aromatic N) is 6. The number of nitrogens with two attached hydrogens (primary N) is 4. The Morgan fingerprint density at radius 1 is 0.419 bits per heavy atom. The van der Waals surface area contributed by atoms with Crippen LogP contribution in [0.25, 0.3) is 53.9 Å². The van der Waals surface area contributed by atoms with Gasteiger partial charge < -0.3 is 49.5 Å². The highest BCUT2D eigenvalue weighted by atomic mass is 32.1. The Labute approximate surface area is 640 Å². The summed E-state index contributed by atoms with van der Waals surface area (Å²) in [5, 5.41) is 29.4. The summed E-state index contributed by atoms with van der Waals surface area (Å²) in [6.07, 6.45) is 21.9. The molecular formula is C83H76FN15S6. The summed E-state index contributed by atoms with van der Waals surface area (Å²) in [7, 11) is 4.08. The molecule has 2 aliphatic carbocycles. The largest absolute Gasteiger partial charge is 0.348 e. The van der Waals surface area contributed by atoms with Gasteiger partial charge >= 0.3 is 0 Å². The van der Waals surface area contributed by atoms with Gasteiger partial charge in [-0.05, 0) is 204 Å². The van der Waals surface area contributed by atoms with Crippen LogP contribution in [-0.4, -0.2) is 74.4 Å². The maximum Gasteiger partial charge on any atom is 0.123 e. The van der Waals surface area contributed by atoms with Crippen LogP contribution in [0.2, 0.25) is 0 Å². The number of benzene rings is 8. The Kier molecular flexibility index (Phi) is 24.5. The molecule has 6 heterocycles. The molecule has 526 valence electrons. The second-order valence-corrected chi connectivity index (χ2v) is 28.8. The molecule has 0 radical (unpaired) electrons. The first-order chi connectivity index (χ1) is 50.9. The highest BCUT2D eigenvalue weighted by Crippen LogP contribution is 2.38. The van der Waals surface area contributed by atoms with Crippen molar-refractivity contribution in [1.29, 1.82) is 0 Å². The molecule has 6 aromatic heterocycles. The van der Waals surface area contributed by atoms with Gasteiger partial charge in [-0.1, -0.05) is 164 Å². The van der Waals surface area contributed by atoms with Crippen molar-refractivity contribution in [1.82, 2.24) is 29.8 Å². The number of aryl methyl sites for hydroxylation is 1. The maximum absolute atomic E-state index is 13.0. The normalized spacial score (nSPS) is 14.6. The number of nitrogens with one attached hydrogen (secondary N) is 5. The Morgan fingerprint density at radius 3 is 1.24 bits per heavy atom. The van der Waals surface area contributed by atoms with Crippen LogP contribution in [0, 0.1) is 5.82 Å². The van der Waals surface area contributed by atoms with Crippen LogP contribution in [-0.2, 0) is 12.0 Å². The van der Waals surface area contributed by atoms with Gasteiger partial charge in [-0.25, -0.2) is 4.39 Å². The summed E-state index contributed by atoms with van der Waals surface area (Å²) in [6.45, 7) is 0. The first-order valence-electron chi connectivity index (χ1n) is 33.8. The second kappa shape index (κ2) is 34.5. The van der Waals surface area contributed by atoms with Crippen molar-refractivity contribution < 1.29 is 4.39 Å². The lowest BCUT2D eigenvalue weighted by Crippen LogP contribution is -2.45. The highest BCUT2D eigenvalue weighted by Gasteiger charge is 2.43. The van der Waals surface area contributed by atoms with Gasteiger partial charge in [-0.15, -0.1) is 11.3 Å². The molecule has 15 nitrogen and oxygen atoms in total. The quantitative estimate of drug-likeness (QED) is 0.0461. The molecule has 1 saturated carbocycles. The van der Waals surface area contributed by atoms with Crippen molar-refractivity contribution in [3.05, 3.63) is 313 Å². The Hall–Kier alpha value is -10.3. The molecule has 16 rings (SSSR count). The van der Waals surface area contributed by atoms with Crippen molar-refractivity contribution in [3.63, 3.8) is 0 Å². The van der Waals surface area contributed by atoms with Gasteiger partial charge in [0.2, 0.25) is 0 Å². The van der Waals surface area contributed by atoms with Crippen LogP contribution >= 0.6 is 72.4 Å². The number of fused-ring (bicyclic) bond motifs is 6. The SMILES string of the molecule is CN(C)[C@@H](C(=S)Nc1ccc2cnccc2c1)c1ccccc1.NC(C(=S)Nc1ccc2cnccc2c1)c1cccs1.NC1(C(=S)Nc2ccc3cnccc3c2)CC1.NC1(C(=S)Nc2ccc3cnccc3c2)CCc2ccccc21.N[C@@H](C(=S)Nc1ccc2cnccc2c1)c1ccc(F)cc1. The molecule has 0 saturated heterocycles. The van der Waals surface area contributed by atoms with E-state index in [0.29, 0.717) is 15.0 Å². The van der Waals surface area contributed by atoms with Crippen molar-refractivity contribution in [2.45, 2.75) is 54.9 Å². The minimum absolute atomic E-state index is 0.0411. The topological polar surface area (TPSA) is 232 Å². The number of thiocarbonyl (C=S) groups is 5. The molecule has 0 aliphatic heterocycles. The average molecular weight is 1500 g/mol. The number of pyridine rings is 5. The van der Waals surface area contributed by atoms with Crippen LogP contribution in [0.4, 0.5) is 32.8 Å². The number of rotatable bonds is 14. The first-order valence-corrected chi connectivity index (χ1v) is 36.7. The fourth-order valence-electron chi connectivity index (χ4n) is 11.9. The van der Waals surface area contributed by atoms with Gasteiger partial charge in [-0.3, -0.25) is 29.8 Å². The Morgan fingerprint density at radius 2 is 0.819 bits per heavy atom. The number of aromatic nitrogens is 5. The number of hydrogen-bond donors (Lipinski definition) is 9. The lowest BCUT2D eigenvalue weighted by molar-refractivity contribution is 0.372. The number of likely N-dealkylation sites (N-methyl/N-ethyl adjacent to an activating group) is 1. The fourth-order valence-corrected chi connectivity index (χ4v) is 14.4. The fraction of sp³-hybridized carbons (Fsp3) is 0.133. The van der Waals surface area contributed by atoms with Gasteiger partial charge in [0.25, 0.3) is 0 Å². The maximum atomic E-state index is 13.0. The van der Waals surface area contributed by atoms with Crippen molar-refractivity contribution in [3.8, 4) is 0 Å². The minimum Gasteiger partial charge on any atom is -0.348 e. The van der Waals surface area contributed by atoms with Crippen LogP contribution < -0.4 is 49.5 Å². The van der Waals surface area contributed by atoms with Gasteiger partial charge in [0.1, 0.15) is 25.8 Å². The van der Waals surface area contributed by atoms with E-state index in [2.05, 4.69) is 111 Å². The van der Waals surface area contributed by atoms with Crippen molar-refractivity contribution in [2.75, 3.05) is 40.7 Å². The molecule has 13 N–H and O–H groups in total. The third-order valence-electron chi connectivity index (χ3n) is 18.0. The Balaban J connectivity index is 0.000000124. The van der Waals surface area contributed by atoms with E-state index in [1.807, 2.05) is 184 Å². The third kappa shape index (κ3) is 19.2. The monoisotopic (exact) mass is 1490 g/mol. The number of halogens is 1. The van der Waals surface area contributed by atoms with Crippen LogP contribution in [0.3, 0.4) is 0 Å². The molecular weight excluding hydrogens is 1420 g/mol. The molecule has 0 amide bonds. The van der Waals surface area contributed by atoms with Crippen molar-refractivity contribution >= 4 is 180 Å². The lowest BCUT2D eigenvalue weighted by atomic mass is 9.92. The molecule has 0 spiro atoms. The predicted octanol–water partition coefficient (Wildman–Crippen LogP) is 18.1. The molecule has 0 bridgehead atoms. The minimum atomic E-state index is -0.584. The number of hydrogen-bond acceptors (Lipinski definition) is 16. The smallest absolute Gasteiger partial charge is 0.123 e. The van der Waals surface area contributed by atoms with Crippen LogP contribution in [0.5, 0.6) is 0 Å². The Bertz CT molecular complexity index is 5420. The number of thiophene rings is 1. The molecule has 1 fully saturated rings. The predicted molar refractivity (Wildman–Crippen MR) is 454 cm³/mol. The number of anilines is 5. The zero-order valence-electron chi connectivity index (χ0n) is 57.4. The van der Waals surface area contributed by atoms with Gasteiger partial charge in [-0.2, -0.15) is 0 Å². The first kappa shape index (κ1) is 74.4. The summed E-state index contributed by atoms with van der Waals surface area (Å²) in [5.41, 5.74) is 33.2. The molecule has 105 heavy (non-hydrogen) atoms. The summed E-state index contributed by atoms with van der Waals surface area (Å²) in [4.78, 5) is 27.0. The summed E-state index contributed by atoms with van der Waals surface area (Å²) >= 11 is 29.0. The summed E-state index contributed by atoms with van der Waals surface area (Å²) < 4.78 is 13.0. The van der Waals surface area contributed by atoms with E-state index in [-0.39, 0.29) is 23.4 Å². The zero-order valence-corrected chi connectivity index (χ0v) is 62.3. The molecule has 2 unspecified atom stereocenters. The van der Waals surface area contributed by atoms with Gasteiger partial charge in [0, 0.05) is 122 Å². The van der Waals surface area contributed by atoms with E-state index in [9.17, 15) is 4.39 Å². The van der Waals surface area contributed by atoms with Gasteiger partial charge in [0.05, 0.1) is 34.2 Å². The van der Waals surface area contributed by atoms with E-state index in [0.717, 1.165) is 134 Å². The molecule has 4 atom stereocenters. The standard InChI is InChI=1S/C19H17N3S.C19H19N3S.C17H14FN3S.C15H13N3S2.C13H13N3S/c20-19(9-7-13-3-1-2-4-17(13)19)18(23)22-16-6-5-15-12-21-10-8-14(15)11-16;1-22(2)18(14-6-4-3-5-7-14)19(23)21-17-9-8-16-13-20-11-10-15(16)12-17;18-14-4-1-11(2-5-14)16(19)17(22)21-15-6-3-13-10-20-8-7-12(13)9-15;16-14(13-2-1-7-20-13)15(19)18-12-4-3-11-9-17-6-5-10(11)8-12;14-13(4-5-13)12(17)16-11-2-1-10-8-15-6-3-9(10)7-11/h1-6,8,10-12H,7,9,20H2,(H,22,23);3-13,18H,1-2H3,(H,21,23);1-10,16H,19H2,(H,21,22);1-9,14H,16H2,(H,18,19);1-3,6-8H,4-5,14H2,(H,16,17)/t;18-;16-;;/m.11../s1. The molecule has 8 aromatic carbocycles. The van der Waals surface area contributed by atoms with E-state index >= 15 is 0 Å².